The number of halogens is 1. The van der Waals surface area contributed by atoms with E-state index in [9.17, 15) is 0 Å². The van der Waals surface area contributed by atoms with Gasteiger partial charge in [-0.15, -0.1) is 0 Å². The standard InChI is InChI=1S/3C12H27O3P.ClH.Rh/c3*1-4-7-10-13-16(14-11-8-5-2)15-12-9-6-3;;/h3*4-12H2,1-3H3;1H;/q;;;;+1/p-1. The summed E-state index contributed by atoms with van der Waals surface area (Å²) in [7, 11) is 1.24. The van der Waals surface area contributed by atoms with E-state index in [0.717, 1.165) is 175 Å². The maximum atomic E-state index is 5.60. The summed E-state index contributed by atoms with van der Waals surface area (Å²) >= 11 is 2.02. The van der Waals surface area contributed by atoms with E-state index in [1.807, 2.05) is 17.3 Å². The van der Waals surface area contributed by atoms with Crippen LogP contribution in [0.1, 0.15) is 178 Å². The summed E-state index contributed by atoms with van der Waals surface area (Å²) < 4.78 is 50.4. The number of hydrogen-bond donors (Lipinski definition) is 0. The topological polar surface area (TPSA) is 83.1 Å². The van der Waals surface area contributed by atoms with Crippen LogP contribution < -0.4 is 0 Å². The summed E-state index contributed by atoms with van der Waals surface area (Å²) in [4.78, 5) is 0. The van der Waals surface area contributed by atoms with E-state index < -0.39 is 25.8 Å². The second-order valence-electron chi connectivity index (χ2n) is 11.4. The van der Waals surface area contributed by atoms with Crippen molar-refractivity contribution in [2.45, 2.75) is 178 Å². The van der Waals surface area contributed by atoms with E-state index in [1.54, 1.807) is 0 Å². The van der Waals surface area contributed by atoms with Crippen LogP contribution in [0.25, 0.3) is 0 Å². The monoisotopic (exact) mass is 888 g/mol. The van der Waals surface area contributed by atoms with Crippen molar-refractivity contribution in [2.75, 3.05) is 59.5 Å². The van der Waals surface area contributed by atoms with Crippen LogP contribution in [-0.4, -0.2) is 59.5 Å². The van der Waals surface area contributed by atoms with Crippen molar-refractivity contribution in [3.8, 4) is 0 Å². The van der Waals surface area contributed by atoms with Crippen LogP contribution in [0.15, 0.2) is 0 Å². The second-order valence-corrected chi connectivity index (χ2v) is 15.0. The van der Waals surface area contributed by atoms with Crippen LogP contribution in [-0.2, 0) is 58.0 Å². The molecule has 9 nitrogen and oxygen atoms in total. The normalized spacial score (nSPS) is 10.9. The van der Waals surface area contributed by atoms with Gasteiger partial charge in [0.05, 0.1) is 59.5 Å². The first-order valence-electron chi connectivity index (χ1n) is 19.7. The van der Waals surface area contributed by atoms with Gasteiger partial charge in [-0.1, -0.05) is 120 Å². The molecule has 0 spiro atoms. The van der Waals surface area contributed by atoms with Crippen LogP contribution in [0, 0.1) is 0 Å². The van der Waals surface area contributed by atoms with E-state index in [4.69, 9.17) is 40.7 Å². The van der Waals surface area contributed by atoms with E-state index in [2.05, 4.69) is 72.0 Å². The quantitative estimate of drug-likeness (QED) is 0.0347. The van der Waals surface area contributed by atoms with Gasteiger partial charge < -0.3 is 40.7 Å². The van der Waals surface area contributed by atoms with Crippen molar-refractivity contribution >= 4 is 35.5 Å². The van der Waals surface area contributed by atoms with Gasteiger partial charge in [-0.3, -0.25) is 0 Å². The first-order valence-corrected chi connectivity index (χ1v) is 25.1. The predicted octanol–water partition coefficient (Wildman–Crippen LogP) is 14.7. The Morgan fingerprint density at radius 3 is 0.440 bits per heavy atom. The molecular formula is C36H81ClO9P3Rh. The van der Waals surface area contributed by atoms with Gasteiger partial charge in [0, 0.05) is 0 Å². The fourth-order valence-corrected chi connectivity index (χ4v) is 6.06. The zero-order valence-corrected chi connectivity index (χ0v) is 38.9. The first kappa shape index (κ1) is 58.5. The number of unbranched alkanes of at least 4 members (excludes halogenated alkanes) is 9. The third kappa shape index (κ3) is 54.2. The van der Waals surface area contributed by atoms with Crippen LogP contribution >= 0.6 is 35.5 Å². The molecule has 0 aromatic heterocycles. The Bertz CT molecular complexity index is 414. The minimum absolute atomic E-state index is 0.750. The first-order chi connectivity index (χ1) is 24.5. The summed E-state index contributed by atoms with van der Waals surface area (Å²) in [6.45, 7) is 26.1. The van der Waals surface area contributed by atoms with E-state index in [1.165, 1.54) is 0 Å². The molecule has 310 valence electrons. The molecule has 0 amide bonds. The van der Waals surface area contributed by atoms with Crippen molar-refractivity contribution in [2.24, 2.45) is 0 Å². The average Bonchev–Trinajstić information content (AvgIpc) is 3.13. The molecule has 50 heavy (non-hydrogen) atoms. The Labute approximate surface area is 329 Å². The fourth-order valence-electron chi connectivity index (χ4n) is 2.89. The van der Waals surface area contributed by atoms with Crippen LogP contribution in [0.5, 0.6) is 0 Å². The van der Waals surface area contributed by atoms with Crippen molar-refractivity contribution in [3.63, 3.8) is 0 Å². The second kappa shape index (κ2) is 57.6. The zero-order valence-electron chi connectivity index (χ0n) is 33.8. The summed E-state index contributed by atoms with van der Waals surface area (Å²) in [6.07, 6.45) is 20.0. The van der Waals surface area contributed by atoms with Gasteiger partial charge in [0.15, 0.2) is 0 Å². The molecule has 0 saturated heterocycles. The van der Waals surface area contributed by atoms with Crippen LogP contribution in [0.4, 0.5) is 0 Å². The molecule has 14 heteroatoms. The molecule has 0 aliphatic carbocycles. The molecule has 0 aliphatic heterocycles. The van der Waals surface area contributed by atoms with Gasteiger partial charge in [0.25, 0.3) is 0 Å². The van der Waals surface area contributed by atoms with Crippen LogP contribution in [0.3, 0.4) is 0 Å². The summed E-state index contributed by atoms with van der Waals surface area (Å²) in [5.41, 5.74) is 0. The average molecular weight is 889 g/mol. The Morgan fingerprint density at radius 2 is 0.360 bits per heavy atom. The summed E-state index contributed by atoms with van der Waals surface area (Å²) in [5.74, 6) is 0. The fraction of sp³-hybridized carbons (Fsp3) is 1.00. The molecule has 0 N–H and O–H groups in total. The zero-order chi connectivity index (χ0) is 38.2. The third-order valence-electron chi connectivity index (χ3n) is 6.25. The molecule has 0 unspecified atom stereocenters. The Kier molecular flexibility index (Phi) is 67.4. The van der Waals surface area contributed by atoms with Gasteiger partial charge in [-0.05, 0) is 57.8 Å². The molecule has 0 fully saturated rings. The van der Waals surface area contributed by atoms with Crippen molar-refractivity contribution in [1.29, 1.82) is 0 Å². The van der Waals surface area contributed by atoms with Crippen molar-refractivity contribution < 1.29 is 58.0 Å². The maximum absolute atomic E-state index is 5.60. The molecule has 0 bridgehead atoms. The van der Waals surface area contributed by atoms with Gasteiger partial charge in [-0.25, -0.2) is 0 Å². The van der Waals surface area contributed by atoms with Crippen LogP contribution in [0.2, 0.25) is 0 Å². The molecule has 0 saturated carbocycles. The Morgan fingerprint density at radius 1 is 0.260 bits per heavy atom. The van der Waals surface area contributed by atoms with Gasteiger partial charge >= 0.3 is 52.8 Å². The molecular weight excluding hydrogens is 808 g/mol. The molecule has 0 atom stereocenters. The van der Waals surface area contributed by atoms with E-state index in [0.29, 0.717) is 0 Å². The molecule has 0 aliphatic rings. The molecule has 0 heterocycles. The Hall–Kier alpha value is 1.84. The molecule has 0 radical (unpaired) electrons. The Balaban J connectivity index is -0.000000309. The van der Waals surface area contributed by atoms with Crippen molar-refractivity contribution in [1.82, 2.24) is 0 Å². The summed E-state index contributed by atoms with van der Waals surface area (Å²) in [5, 5.41) is 0. The van der Waals surface area contributed by atoms with Crippen molar-refractivity contribution in [3.05, 3.63) is 0 Å². The summed E-state index contributed by atoms with van der Waals surface area (Å²) in [6, 6.07) is 0. The molecule has 0 aromatic rings. The van der Waals surface area contributed by atoms with Gasteiger partial charge in [0.2, 0.25) is 0 Å². The van der Waals surface area contributed by atoms with E-state index >= 15 is 0 Å². The predicted molar refractivity (Wildman–Crippen MR) is 214 cm³/mol. The van der Waals surface area contributed by atoms with E-state index in [-0.39, 0.29) is 0 Å². The number of hydrogen-bond acceptors (Lipinski definition) is 9. The molecule has 0 aromatic carbocycles. The van der Waals surface area contributed by atoms with Gasteiger partial charge in [0.1, 0.15) is 0 Å². The molecule has 0 rings (SSSR count). The third-order valence-corrected chi connectivity index (χ3v) is 9.79. The minimum atomic E-state index is -1.10. The SMILES string of the molecule is CCCCOP(OCCCC)OCCCC.CCCCOP(OCCCC)OCCCC.CCCCOP(OCCCC)OCCCC.[Cl][Rh]. The number of rotatable bonds is 36. The van der Waals surface area contributed by atoms with Gasteiger partial charge in [-0.2, -0.15) is 0 Å².